The van der Waals surface area contributed by atoms with Crippen molar-refractivity contribution < 1.29 is 19.5 Å². The molecule has 0 atom stereocenters. The van der Waals surface area contributed by atoms with E-state index in [9.17, 15) is 14.4 Å². The summed E-state index contributed by atoms with van der Waals surface area (Å²) in [6.45, 7) is 2.19. The van der Waals surface area contributed by atoms with Gasteiger partial charge in [0.05, 0.1) is 12.0 Å². The average Bonchev–Trinajstić information content (AvgIpc) is 2.10. The molecule has 0 unspecified atom stereocenters. The molecule has 0 bridgehead atoms. The second-order valence-corrected chi connectivity index (χ2v) is 3.04. The normalized spacial score (nSPS) is 16.9. The molecule has 1 rings (SSSR count). The van der Waals surface area contributed by atoms with Crippen LogP contribution >= 0.6 is 0 Å². The first-order valence-electron chi connectivity index (χ1n) is 4.34. The Hall–Kier alpha value is -1.65. The van der Waals surface area contributed by atoms with Gasteiger partial charge in [0.2, 0.25) is 5.91 Å². The van der Waals surface area contributed by atoms with Gasteiger partial charge in [0.1, 0.15) is 0 Å². The summed E-state index contributed by atoms with van der Waals surface area (Å²) < 4.78 is 0. The van der Waals surface area contributed by atoms with Gasteiger partial charge < -0.3 is 5.11 Å². The van der Waals surface area contributed by atoms with Crippen LogP contribution in [-0.2, 0) is 14.4 Å². The molecule has 0 aromatic rings. The Morgan fingerprint density at radius 3 is 2.64 bits per heavy atom. The Labute approximate surface area is 81.0 Å². The first kappa shape index (κ1) is 10.4. The molecule has 2 amide bonds. The molecule has 0 aromatic carbocycles. The second-order valence-electron chi connectivity index (χ2n) is 3.04. The van der Waals surface area contributed by atoms with Crippen molar-refractivity contribution in [2.24, 2.45) is 0 Å². The maximum Gasteiger partial charge on any atom is 0.332 e. The van der Waals surface area contributed by atoms with Crippen LogP contribution in [-0.4, -0.2) is 34.3 Å². The number of rotatable bonds is 3. The lowest BCUT2D eigenvalue weighted by atomic mass is 10.1. The second kappa shape index (κ2) is 4.04. The Morgan fingerprint density at radius 2 is 2.21 bits per heavy atom. The summed E-state index contributed by atoms with van der Waals surface area (Å²) in [4.78, 5) is 34.2. The zero-order valence-corrected chi connectivity index (χ0v) is 7.82. The van der Waals surface area contributed by atoms with E-state index in [1.54, 1.807) is 0 Å². The van der Waals surface area contributed by atoms with Crippen LogP contribution in [0.5, 0.6) is 0 Å². The van der Waals surface area contributed by atoms with Gasteiger partial charge >= 0.3 is 5.97 Å². The van der Waals surface area contributed by atoms with E-state index < -0.39 is 17.8 Å². The Kier molecular flexibility index (Phi) is 3.01. The molecule has 0 spiro atoms. The first-order valence-corrected chi connectivity index (χ1v) is 4.34. The van der Waals surface area contributed by atoms with E-state index in [1.807, 2.05) is 6.92 Å². The standard InChI is InChI=1S/C9H11NO4/c1-2-3-10-7(11)4-6(9(13)14)5-8(10)12/h4H,2-3,5H2,1H3,(H,13,14). The molecular weight excluding hydrogens is 186 g/mol. The summed E-state index contributed by atoms with van der Waals surface area (Å²) in [5.74, 6) is -2.17. The molecule has 1 aliphatic rings. The predicted molar refractivity (Wildman–Crippen MR) is 47.3 cm³/mol. The van der Waals surface area contributed by atoms with Gasteiger partial charge in [-0.05, 0) is 6.42 Å². The van der Waals surface area contributed by atoms with Gasteiger partial charge in [-0.15, -0.1) is 0 Å². The lowest BCUT2D eigenvalue weighted by Crippen LogP contribution is -2.40. The van der Waals surface area contributed by atoms with Crippen LogP contribution in [0.15, 0.2) is 11.6 Å². The highest BCUT2D eigenvalue weighted by Crippen LogP contribution is 2.13. The van der Waals surface area contributed by atoms with E-state index >= 15 is 0 Å². The number of aliphatic carboxylic acids is 1. The highest BCUT2D eigenvalue weighted by molar-refractivity contribution is 6.11. The van der Waals surface area contributed by atoms with Gasteiger partial charge in [0, 0.05) is 12.6 Å². The van der Waals surface area contributed by atoms with E-state index in [-0.39, 0.29) is 12.0 Å². The molecule has 0 saturated carbocycles. The number of imide groups is 1. The van der Waals surface area contributed by atoms with Crippen molar-refractivity contribution in [3.63, 3.8) is 0 Å². The number of carboxylic acids is 1. The van der Waals surface area contributed by atoms with Crippen LogP contribution in [0, 0.1) is 0 Å². The summed E-state index contributed by atoms with van der Waals surface area (Å²) in [7, 11) is 0. The van der Waals surface area contributed by atoms with Crippen LogP contribution in [0.2, 0.25) is 0 Å². The van der Waals surface area contributed by atoms with Gasteiger partial charge in [0.25, 0.3) is 5.91 Å². The largest absolute Gasteiger partial charge is 0.478 e. The van der Waals surface area contributed by atoms with Gasteiger partial charge in [-0.3, -0.25) is 14.5 Å². The van der Waals surface area contributed by atoms with Gasteiger partial charge in [-0.25, -0.2) is 4.79 Å². The van der Waals surface area contributed by atoms with E-state index in [4.69, 9.17) is 5.11 Å². The van der Waals surface area contributed by atoms with E-state index in [0.717, 1.165) is 11.0 Å². The highest BCUT2D eigenvalue weighted by Gasteiger charge is 2.28. The molecule has 1 N–H and O–H groups in total. The van der Waals surface area contributed by atoms with Crippen LogP contribution < -0.4 is 0 Å². The molecule has 0 aliphatic carbocycles. The average molecular weight is 197 g/mol. The summed E-state index contributed by atoms with van der Waals surface area (Å²) >= 11 is 0. The topological polar surface area (TPSA) is 74.7 Å². The van der Waals surface area contributed by atoms with E-state index in [0.29, 0.717) is 13.0 Å². The molecule has 76 valence electrons. The summed E-state index contributed by atoms with van der Waals surface area (Å²) in [6, 6.07) is 0. The third-order valence-corrected chi connectivity index (χ3v) is 1.93. The number of amides is 2. The quantitative estimate of drug-likeness (QED) is 0.654. The van der Waals surface area contributed by atoms with Crippen molar-refractivity contribution in [2.45, 2.75) is 19.8 Å². The molecule has 5 heteroatoms. The number of nitrogens with zero attached hydrogens (tertiary/aromatic N) is 1. The first-order chi connectivity index (χ1) is 6.56. The van der Waals surface area contributed by atoms with Crippen LogP contribution in [0.3, 0.4) is 0 Å². The van der Waals surface area contributed by atoms with E-state index in [2.05, 4.69) is 0 Å². The Morgan fingerprint density at radius 1 is 1.57 bits per heavy atom. The third-order valence-electron chi connectivity index (χ3n) is 1.93. The molecule has 0 fully saturated rings. The number of carboxylic acid groups (broad SMARTS) is 1. The third kappa shape index (κ3) is 1.99. The molecule has 1 heterocycles. The lowest BCUT2D eigenvalue weighted by Gasteiger charge is -2.22. The van der Waals surface area contributed by atoms with Crippen molar-refractivity contribution in [1.82, 2.24) is 4.90 Å². The zero-order chi connectivity index (χ0) is 10.7. The van der Waals surface area contributed by atoms with Crippen LogP contribution in [0.1, 0.15) is 19.8 Å². The summed E-state index contributed by atoms with van der Waals surface area (Å²) in [5, 5.41) is 8.60. The van der Waals surface area contributed by atoms with Crippen molar-refractivity contribution in [3.8, 4) is 0 Å². The number of carbonyl (C=O) groups excluding carboxylic acids is 2. The van der Waals surface area contributed by atoms with Gasteiger partial charge in [-0.1, -0.05) is 6.92 Å². The van der Waals surface area contributed by atoms with Crippen molar-refractivity contribution in [1.29, 1.82) is 0 Å². The number of hydrogen-bond acceptors (Lipinski definition) is 3. The fourth-order valence-electron chi connectivity index (χ4n) is 1.26. The molecule has 0 aromatic heterocycles. The van der Waals surface area contributed by atoms with Crippen LogP contribution in [0.4, 0.5) is 0 Å². The van der Waals surface area contributed by atoms with E-state index in [1.165, 1.54) is 0 Å². The minimum absolute atomic E-state index is 0.132. The van der Waals surface area contributed by atoms with Gasteiger partial charge in [-0.2, -0.15) is 0 Å². The maximum atomic E-state index is 11.3. The Balaban J connectivity index is 2.86. The smallest absolute Gasteiger partial charge is 0.332 e. The lowest BCUT2D eigenvalue weighted by molar-refractivity contribution is -0.145. The monoisotopic (exact) mass is 197 g/mol. The fourth-order valence-corrected chi connectivity index (χ4v) is 1.26. The molecule has 0 radical (unpaired) electrons. The number of carbonyl (C=O) groups is 3. The molecule has 0 saturated heterocycles. The minimum Gasteiger partial charge on any atom is -0.478 e. The molecular formula is C9H11NO4. The molecule has 5 nitrogen and oxygen atoms in total. The SMILES string of the molecule is CCCN1C(=O)C=C(C(=O)O)CC1=O. The molecule has 1 aliphatic heterocycles. The highest BCUT2D eigenvalue weighted by atomic mass is 16.4. The van der Waals surface area contributed by atoms with Crippen LogP contribution in [0.25, 0.3) is 0 Å². The maximum absolute atomic E-state index is 11.3. The van der Waals surface area contributed by atoms with Gasteiger partial charge in [0.15, 0.2) is 0 Å². The zero-order valence-electron chi connectivity index (χ0n) is 7.82. The fraction of sp³-hybridized carbons (Fsp3) is 0.444. The van der Waals surface area contributed by atoms with Crippen molar-refractivity contribution >= 4 is 17.8 Å². The summed E-state index contributed by atoms with van der Waals surface area (Å²) in [6.07, 6.45) is 1.49. The molecule has 14 heavy (non-hydrogen) atoms. The Bertz CT molecular complexity index is 319. The number of hydrogen-bond donors (Lipinski definition) is 1. The van der Waals surface area contributed by atoms with Crippen molar-refractivity contribution in [2.75, 3.05) is 6.54 Å². The predicted octanol–water partition coefficient (Wildman–Crippen LogP) is 0.166. The minimum atomic E-state index is -1.21. The summed E-state index contributed by atoms with van der Waals surface area (Å²) in [5.41, 5.74) is -0.132. The van der Waals surface area contributed by atoms with Crippen molar-refractivity contribution in [3.05, 3.63) is 11.6 Å².